The van der Waals surface area contributed by atoms with Crippen LogP contribution in [-0.4, -0.2) is 41.7 Å². The van der Waals surface area contributed by atoms with E-state index in [1.54, 1.807) is 0 Å². The SMILES string of the molecule is CC(C)CNc1cc(C(F)(F)F)cc(S(=O)(=O)CN[C@@H]2CCCc3c2cnn3CC(=O)O)c1. The topological polar surface area (TPSA) is 113 Å². The van der Waals surface area contributed by atoms with Crippen LogP contribution in [0, 0.1) is 5.92 Å². The van der Waals surface area contributed by atoms with Gasteiger partial charge in [0.15, 0.2) is 9.84 Å². The Morgan fingerprint density at radius 3 is 2.67 bits per heavy atom. The van der Waals surface area contributed by atoms with Gasteiger partial charge in [0.2, 0.25) is 0 Å². The van der Waals surface area contributed by atoms with E-state index in [-0.39, 0.29) is 18.2 Å². The summed E-state index contributed by atoms with van der Waals surface area (Å²) in [7, 11) is -4.09. The molecule has 182 valence electrons. The van der Waals surface area contributed by atoms with Crippen LogP contribution in [0.3, 0.4) is 0 Å². The number of aromatic nitrogens is 2. The van der Waals surface area contributed by atoms with Gasteiger partial charge in [0.05, 0.1) is 16.7 Å². The Kier molecular flexibility index (Phi) is 7.37. The summed E-state index contributed by atoms with van der Waals surface area (Å²) in [4.78, 5) is 10.6. The van der Waals surface area contributed by atoms with Crippen molar-refractivity contribution in [1.29, 1.82) is 0 Å². The zero-order valence-electron chi connectivity index (χ0n) is 18.3. The highest BCUT2D eigenvalue weighted by atomic mass is 32.2. The molecule has 0 spiro atoms. The van der Waals surface area contributed by atoms with E-state index in [4.69, 9.17) is 5.11 Å². The van der Waals surface area contributed by atoms with Crippen LogP contribution >= 0.6 is 0 Å². The molecule has 0 aliphatic heterocycles. The molecule has 0 saturated heterocycles. The number of carboxylic acids is 1. The Hall–Kier alpha value is -2.60. The van der Waals surface area contributed by atoms with E-state index in [0.29, 0.717) is 37.4 Å². The minimum Gasteiger partial charge on any atom is -0.480 e. The first kappa shape index (κ1) is 25.0. The van der Waals surface area contributed by atoms with Gasteiger partial charge in [-0.25, -0.2) is 8.42 Å². The van der Waals surface area contributed by atoms with Crippen molar-refractivity contribution in [2.45, 2.75) is 56.8 Å². The fraction of sp³-hybridized carbons (Fsp3) is 0.524. The largest absolute Gasteiger partial charge is 0.480 e. The number of hydrogen-bond donors (Lipinski definition) is 3. The third-order valence-corrected chi connectivity index (χ3v) is 6.88. The molecule has 3 N–H and O–H groups in total. The van der Waals surface area contributed by atoms with Crippen LogP contribution in [0.2, 0.25) is 0 Å². The van der Waals surface area contributed by atoms with Gasteiger partial charge in [0.1, 0.15) is 12.4 Å². The summed E-state index contributed by atoms with van der Waals surface area (Å²) in [6.45, 7) is 3.87. The van der Waals surface area contributed by atoms with Crippen molar-refractivity contribution in [3.8, 4) is 0 Å². The quantitative estimate of drug-likeness (QED) is 0.495. The Morgan fingerprint density at radius 1 is 1.30 bits per heavy atom. The van der Waals surface area contributed by atoms with Crippen molar-refractivity contribution < 1.29 is 31.5 Å². The molecule has 1 aromatic carbocycles. The Labute approximate surface area is 190 Å². The van der Waals surface area contributed by atoms with Crippen molar-refractivity contribution in [3.63, 3.8) is 0 Å². The van der Waals surface area contributed by atoms with Crippen LogP contribution in [0.15, 0.2) is 29.3 Å². The number of fused-ring (bicyclic) bond motifs is 1. The van der Waals surface area contributed by atoms with E-state index < -0.39 is 44.4 Å². The minimum atomic E-state index is -4.69. The van der Waals surface area contributed by atoms with E-state index in [0.717, 1.165) is 11.8 Å². The van der Waals surface area contributed by atoms with Crippen LogP contribution < -0.4 is 10.6 Å². The molecule has 8 nitrogen and oxygen atoms in total. The lowest BCUT2D eigenvalue weighted by Crippen LogP contribution is -2.30. The number of hydrogen-bond acceptors (Lipinski definition) is 6. The third-order valence-electron chi connectivity index (χ3n) is 5.37. The van der Waals surface area contributed by atoms with Crippen LogP contribution in [-0.2, 0) is 33.8 Å². The van der Waals surface area contributed by atoms with Crippen LogP contribution in [0.5, 0.6) is 0 Å². The monoisotopic (exact) mass is 488 g/mol. The highest BCUT2D eigenvalue weighted by Crippen LogP contribution is 2.34. The number of nitrogens with one attached hydrogen (secondary N) is 2. The smallest absolute Gasteiger partial charge is 0.416 e. The molecule has 2 aromatic rings. The van der Waals surface area contributed by atoms with E-state index in [9.17, 15) is 26.4 Å². The average Bonchev–Trinajstić information content (AvgIpc) is 3.12. The molecule has 1 heterocycles. The van der Waals surface area contributed by atoms with E-state index in [1.165, 1.54) is 16.9 Å². The molecule has 1 atom stereocenters. The summed E-state index contributed by atoms with van der Waals surface area (Å²) in [5.41, 5.74) is 0.482. The van der Waals surface area contributed by atoms with Gasteiger partial charge in [-0.2, -0.15) is 18.3 Å². The second kappa shape index (κ2) is 9.72. The molecule has 3 rings (SSSR count). The lowest BCUT2D eigenvalue weighted by Gasteiger charge is -2.24. The van der Waals surface area contributed by atoms with Crippen LogP contribution in [0.1, 0.15) is 49.6 Å². The number of benzene rings is 1. The summed E-state index contributed by atoms with van der Waals surface area (Å²) < 4.78 is 67.4. The predicted molar refractivity (Wildman–Crippen MR) is 116 cm³/mol. The number of carbonyl (C=O) groups is 1. The van der Waals surface area contributed by atoms with E-state index >= 15 is 0 Å². The van der Waals surface area contributed by atoms with Gasteiger partial charge in [-0.15, -0.1) is 0 Å². The molecule has 0 saturated carbocycles. The molecule has 33 heavy (non-hydrogen) atoms. The summed E-state index contributed by atoms with van der Waals surface area (Å²) in [5.74, 6) is -1.44. The lowest BCUT2D eigenvalue weighted by molar-refractivity contribution is -0.138. The normalized spacial score (nSPS) is 16.6. The van der Waals surface area contributed by atoms with Crippen molar-refractivity contribution in [3.05, 3.63) is 41.2 Å². The first-order valence-corrected chi connectivity index (χ1v) is 12.2. The van der Waals surface area contributed by atoms with Gasteiger partial charge >= 0.3 is 12.1 Å². The average molecular weight is 489 g/mol. The van der Waals surface area contributed by atoms with Crippen LogP contribution in [0.25, 0.3) is 0 Å². The highest BCUT2D eigenvalue weighted by molar-refractivity contribution is 7.91. The van der Waals surface area contributed by atoms with Crippen molar-refractivity contribution in [2.24, 2.45) is 5.92 Å². The maximum absolute atomic E-state index is 13.4. The number of alkyl halides is 3. The third kappa shape index (κ3) is 6.26. The maximum Gasteiger partial charge on any atom is 0.416 e. The number of halogens is 3. The van der Waals surface area contributed by atoms with Gasteiger partial charge in [0, 0.05) is 29.5 Å². The Morgan fingerprint density at radius 2 is 2.03 bits per heavy atom. The first-order valence-electron chi connectivity index (χ1n) is 10.6. The molecular weight excluding hydrogens is 461 g/mol. The van der Waals surface area contributed by atoms with Gasteiger partial charge in [-0.1, -0.05) is 13.8 Å². The minimum absolute atomic E-state index is 0.0898. The zero-order chi connectivity index (χ0) is 24.4. The van der Waals surface area contributed by atoms with E-state index in [2.05, 4.69) is 15.7 Å². The Balaban J connectivity index is 1.82. The molecule has 1 aliphatic carbocycles. The number of sulfone groups is 1. The number of nitrogens with zero attached hydrogens (tertiary/aromatic N) is 2. The zero-order valence-corrected chi connectivity index (χ0v) is 19.1. The van der Waals surface area contributed by atoms with Crippen molar-refractivity contribution in [1.82, 2.24) is 15.1 Å². The van der Waals surface area contributed by atoms with Crippen LogP contribution in [0.4, 0.5) is 18.9 Å². The highest BCUT2D eigenvalue weighted by Gasteiger charge is 2.33. The molecule has 1 aliphatic rings. The van der Waals surface area contributed by atoms with Gasteiger partial charge in [0.25, 0.3) is 0 Å². The predicted octanol–water partition coefficient (Wildman–Crippen LogP) is 3.45. The standard InChI is InChI=1S/C21H27F3N4O4S/c1-13(2)9-25-15-6-14(21(22,23)24)7-16(8-15)33(31,32)12-26-18-4-3-5-19-17(18)10-27-28(19)11-20(29)30/h6-8,10,13,18,25-26H,3-5,9,11-12H2,1-2H3,(H,29,30)/t18-/m1/s1. The summed E-state index contributed by atoms with van der Waals surface area (Å²) in [5, 5.41) is 18.9. The van der Waals surface area contributed by atoms with Crippen molar-refractivity contribution >= 4 is 21.5 Å². The lowest BCUT2D eigenvalue weighted by atomic mass is 9.93. The number of rotatable bonds is 9. The molecule has 1 aromatic heterocycles. The maximum atomic E-state index is 13.4. The summed E-state index contributed by atoms with van der Waals surface area (Å²) >= 11 is 0. The molecule has 0 bridgehead atoms. The van der Waals surface area contributed by atoms with Gasteiger partial charge < -0.3 is 10.4 Å². The van der Waals surface area contributed by atoms with Gasteiger partial charge in [-0.3, -0.25) is 14.8 Å². The molecule has 0 amide bonds. The molecule has 12 heteroatoms. The fourth-order valence-corrected chi connectivity index (χ4v) is 4.96. The number of aliphatic carboxylic acids is 1. The molecule has 0 radical (unpaired) electrons. The second-order valence-electron chi connectivity index (χ2n) is 8.52. The summed E-state index contributed by atoms with van der Waals surface area (Å²) in [6, 6.07) is 2.37. The molecule has 0 fully saturated rings. The molecule has 0 unspecified atom stereocenters. The van der Waals surface area contributed by atoms with Crippen molar-refractivity contribution in [2.75, 3.05) is 17.7 Å². The van der Waals surface area contributed by atoms with Gasteiger partial charge in [-0.05, 0) is 43.4 Å². The Bertz CT molecular complexity index is 1110. The number of carboxylic acid groups (broad SMARTS) is 1. The summed E-state index contributed by atoms with van der Waals surface area (Å²) in [6.07, 6.45) is -1.26. The number of anilines is 1. The molecular formula is C21H27F3N4O4S. The first-order chi connectivity index (χ1) is 15.4. The van der Waals surface area contributed by atoms with E-state index in [1.807, 2.05) is 13.8 Å². The second-order valence-corrected chi connectivity index (χ2v) is 10.5. The fourth-order valence-electron chi connectivity index (χ4n) is 3.76.